The Hall–Kier alpha value is -1.49. The van der Waals surface area contributed by atoms with Crippen LogP contribution in [0.25, 0.3) is 16.9 Å². The zero-order chi connectivity index (χ0) is 16.6. The van der Waals surface area contributed by atoms with Gasteiger partial charge in [-0.05, 0) is 38.1 Å². The van der Waals surface area contributed by atoms with Crippen molar-refractivity contribution in [2.24, 2.45) is 0 Å². The zero-order valence-electron chi connectivity index (χ0n) is 12.7. The molecule has 1 aromatic carbocycles. The maximum absolute atomic E-state index is 6.36. The highest BCUT2D eigenvalue weighted by Crippen LogP contribution is 2.31. The van der Waals surface area contributed by atoms with Gasteiger partial charge in [0, 0.05) is 23.1 Å². The van der Waals surface area contributed by atoms with Crippen LogP contribution < -0.4 is 5.32 Å². The number of pyridine rings is 1. The third-order valence-corrected chi connectivity index (χ3v) is 4.20. The molecule has 0 aliphatic heterocycles. The molecule has 0 spiro atoms. The summed E-state index contributed by atoms with van der Waals surface area (Å²) in [7, 11) is 0. The lowest BCUT2D eigenvalue weighted by Crippen LogP contribution is -2.04. The van der Waals surface area contributed by atoms with Crippen LogP contribution in [0.4, 0.5) is 5.69 Å². The minimum Gasteiger partial charge on any atom is -0.382 e. The first kappa shape index (κ1) is 16.4. The second-order valence-corrected chi connectivity index (χ2v) is 6.41. The Balaban J connectivity index is 2.25. The van der Waals surface area contributed by atoms with Crippen LogP contribution >= 0.6 is 34.8 Å². The summed E-state index contributed by atoms with van der Waals surface area (Å²) in [6.45, 7) is 4.53. The highest BCUT2D eigenvalue weighted by molar-refractivity contribution is 6.35. The predicted molar refractivity (Wildman–Crippen MR) is 97.6 cm³/mol. The number of fused-ring (bicyclic) bond motifs is 1. The van der Waals surface area contributed by atoms with E-state index in [1.165, 1.54) is 0 Å². The molecule has 0 aliphatic carbocycles. The molecular weight excluding hydrogens is 355 g/mol. The standard InChI is InChI=1S/C16H15Cl3N4/c1-9-7-13(20-6-5-17)15-16(21-9)23(10(2)22-15)14-4-3-11(18)8-12(14)19/h3-4,7-8H,5-6H2,1-2H3,(H,20,21). The van der Waals surface area contributed by atoms with Crippen molar-refractivity contribution < 1.29 is 0 Å². The second-order valence-electron chi connectivity index (χ2n) is 5.19. The summed E-state index contributed by atoms with van der Waals surface area (Å²) in [4.78, 5) is 9.29. The average molecular weight is 370 g/mol. The summed E-state index contributed by atoms with van der Waals surface area (Å²) < 4.78 is 1.94. The van der Waals surface area contributed by atoms with E-state index in [4.69, 9.17) is 34.8 Å². The quantitative estimate of drug-likeness (QED) is 0.658. The second kappa shape index (κ2) is 6.56. The van der Waals surface area contributed by atoms with Gasteiger partial charge in [0.2, 0.25) is 0 Å². The number of imidazole rings is 1. The first-order chi connectivity index (χ1) is 11.0. The minimum absolute atomic E-state index is 0.519. The molecule has 23 heavy (non-hydrogen) atoms. The number of anilines is 1. The average Bonchev–Trinajstić information content (AvgIpc) is 2.81. The summed E-state index contributed by atoms with van der Waals surface area (Å²) in [5, 5.41) is 4.44. The SMILES string of the molecule is Cc1cc(NCCCl)c2nc(C)n(-c3ccc(Cl)cc3Cl)c2n1. The fourth-order valence-electron chi connectivity index (χ4n) is 2.55. The van der Waals surface area contributed by atoms with E-state index in [1.54, 1.807) is 12.1 Å². The highest BCUT2D eigenvalue weighted by atomic mass is 35.5. The molecule has 0 atom stereocenters. The topological polar surface area (TPSA) is 42.7 Å². The van der Waals surface area contributed by atoms with Gasteiger partial charge in [-0.15, -0.1) is 11.6 Å². The van der Waals surface area contributed by atoms with Gasteiger partial charge < -0.3 is 5.32 Å². The molecule has 7 heteroatoms. The van der Waals surface area contributed by atoms with Gasteiger partial charge in [-0.3, -0.25) is 4.57 Å². The van der Waals surface area contributed by atoms with Crippen molar-refractivity contribution in [2.45, 2.75) is 13.8 Å². The van der Waals surface area contributed by atoms with E-state index >= 15 is 0 Å². The molecule has 0 aliphatic rings. The van der Waals surface area contributed by atoms with Crippen LogP contribution in [0, 0.1) is 13.8 Å². The minimum atomic E-state index is 0.519. The fourth-order valence-corrected chi connectivity index (χ4v) is 3.14. The Bertz CT molecular complexity index is 873. The van der Waals surface area contributed by atoms with Crippen molar-refractivity contribution in [1.82, 2.24) is 14.5 Å². The molecule has 0 radical (unpaired) electrons. The normalized spacial score (nSPS) is 11.2. The monoisotopic (exact) mass is 368 g/mol. The third kappa shape index (κ3) is 3.11. The highest BCUT2D eigenvalue weighted by Gasteiger charge is 2.16. The summed E-state index contributed by atoms with van der Waals surface area (Å²) >= 11 is 18.1. The maximum atomic E-state index is 6.36. The van der Waals surface area contributed by atoms with Gasteiger partial charge >= 0.3 is 0 Å². The van der Waals surface area contributed by atoms with Crippen molar-refractivity contribution >= 4 is 51.7 Å². The Kier molecular flexibility index (Phi) is 4.67. The van der Waals surface area contributed by atoms with Crippen molar-refractivity contribution in [2.75, 3.05) is 17.7 Å². The predicted octanol–water partition coefficient (Wildman–Crippen LogP) is 4.99. The molecule has 1 N–H and O–H groups in total. The molecule has 0 unspecified atom stereocenters. The van der Waals surface area contributed by atoms with E-state index in [1.807, 2.05) is 30.5 Å². The molecule has 0 fully saturated rings. The number of aromatic nitrogens is 3. The molecule has 3 rings (SSSR count). The van der Waals surface area contributed by atoms with Crippen molar-refractivity contribution in [1.29, 1.82) is 0 Å². The number of benzene rings is 1. The zero-order valence-corrected chi connectivity index (χ0v) is 15.0. The van der Waals surface area contributed by atoms with E-state index in [0.29, 0.717) is 22.5 Å². The Labute approximate surface area is 149 Å². The largest absolute Gasteiger partial charge is 0.382 e. The number of alkyl halides is 1. The first-order valence-electron chi connectivity index (χ1n) is 7.13. The van der Waals surface area contributed by atoms with Gasteiger partial charge in [0.05, 0.1) is 16.4 Å². The smallest absolute Gasteiger partial charge is 0.167 e. The van der Waals surface area contributed by atoms with Gasteiger partial charge in [0.15, 0.2) is 5.65 Å². The van der Waals surface area contributed by atoms with Crippen LogP contribution in [0.15, 0.2) is 24.3 Å². The van der Waals surface area contributed by atoms with Crippen molar-refractivity contribution in [3.63, 3.8) is 0 Å². The number of nitrogens with one attached hydrogen (secondary N) is 1. The van der Waals surface area contributed by atoms with Crippen molar-refractivity contribution in [3.05, 3.63) is 45.8 Å². The summed E-state index contributed by atoms with van der Waals surface area (Å²) in [5.74, 6) is 1.32. The summed E-state index contributed by atoms with van der Waals surface area (Å²) in [6, 6.07) is 7.35. The number of rotatable bonds is 4. The van der Waals surface area contributed by atoms with Gasteiger partial charge in [0.1, 0.15) is 11.3 Å². The lowest BCUT2D eigenvalue weighted by Gasteiger charge is -2.10. The van der Waals surface area contributed by atoms with Gasteiger partial charge in [-0.1, -0.05) is 23.2 Å². The molecule has 0 saturated heterocycles. The molecule has 0 bridgehead atoms. The van der Waals surface area contributed by atoms with E-state index in [-0.39, 0.29) is 0 Å². The number of halogens is 3. The van der Waals surface area contributed by atoms with Gasteiger partial charge in [-0.2, -0.15) is 0 Å². The van der Waals surface area contributed by atoms with Gasteiger partial charge in [0.25, 0.3) is 0 Å². The molecule has 3 aromatic rings. The molecule has 4 nitrogen and oxygen atoms in total. The van der Waals surface area contributed by atoms with Crippen LogP contribution in [0.3, 0.4) is 0 Å². The van der Waals surface area contributed by atoms with Crippen LogP contribution in [0.2, 0.25) is 10.0 Å². The third-order valence-electron chi connectivity index (χ3n) is 3.47. The Morgan fingerprint density at radius 2 is 1.91 bits per heavy atom. The molecule has 2 aromatic heterocycles. The number of aryl methyl sites for hydroxylation is 2. The number of hydrogen-bond donors (Lipinski definition) is 1. The molecule has 0 saturated carbocycles. The molecular formula is C16H15Cl3N4. The molecule has 120 valence electrons. The van der Waals surface area contributed by atoms with E-state index in [9.17, 15) is 0 Å². The summed E-state index contributed by atoms with van der Waals surface area (Å²) in [5.41, 5.74) is 4.16. The Morgan fingerprint density at radius 1 is 1.13 bits per heavy atom. The van der Waals surface area contributed by atoms with Crippen LogP contribution in [-0.2, 0) is 0 Å². The first-order valence-corrected chi connectivity index (χ1v) is 8.42. The lowest BCUT2D eigenvalue weighted by atomic mass is 10.3. The molecule has 2 heterocycles. The summed E-state index contributed by atoms with van der Waals surface area (Å²) in [6.07, 6.45) is 0. The molecule has 0 amide bonds. The van der Waals surface area contributed by atoms with Gasteiger partial charge in [-0.25, -0.2) is 9.97 Å². The van der Waals surface area contributed by atoms with E-state index in [0.717, 1.165) is 34.1 Å². The van der Waals surface area contributed by atoms with Crippen molar-refractivity contribution in [3.8, 4) is 5.69 Å². The van der Waals surface area contributed by atoms with Crippen LogP contribution in [0.1, 0.15) is 11.5 Å². The Morgan fingerprint density at radius 3 is 2.61 bits per heavy atom. The number of hydrogen-bond acceptors (Lipinski definition) is 3. The maximum Gasteiger partial charge on any atom is 0.167 e. The van der Waals surface area contributed by atoms with E-state index < -0.39 is 0 Å². The van der Waals surface area contributed by atoms with Crippen LogP contribution in [-0.4, -0.2) is 27.0 Å². The van der Waals surface area contributed by atoms with Crippen LogP contribution in [0.5, 0.6) is 0 Å². The van der Waals surface area contributed by atoms with E-state index in [2.05, 4.69) is 15.3 Å². The fraction of sp³-hybridized carbons (Fsp3) is 0.250. The lowest BCUT2D eigenvalue weighted by molar-refractivity contribution is 0.983. The number of nitrogens with zero attached hydrogens (tertiary/aromatic N) is 3.